The molecular formula is C20H23F2NO3. The molecule has 4 nitrogen and oxygen atoms in total. The lowest BCUT2D eigenvalue weighted by atomic mass is 9.87. The molecule has 0 radical (unpaired) electrons. The minimum Gasteiger partial charge on any atom is -0.497 e. The van der Waals surface area contributed by atoms with Gasteiger partial charge in [0.05, 0.1) is 27.0 Å². The number of rotatable bonds is 6. The van der Waals surface area contributed by atoms with Crippen molar-refractivity contribution in [3.63, 3.8) is 0 Å². The van der Waals surface area contributed by atoms with Gasteiger partial charge in [0.2, 0.25) is 5.92 Å². The van der Waals surface area contributed by atoms with Crippen LogP contribution in [-0.2, 0) is 0 Å². The fourth-order valence-electron chi connectivity index (χ4n) is 3.19. The number of alkyl halides is 2. The largest absolute Gasteiger partial charge is 0.497 e. The molecule has 0 amide bonds. The van der Waals surface area contributed by atoms with Crippen LogP contribution in [0.4, 0.5) is 8.78 Å². The molecule has 1 heterocycles. The van der Waals surface area contributed by atoms with Gasteiger partial charge in [-0.1, -0.05) is 0 Å². The summed E-state index contributed by atoms with van der Waals surface area (Å²) in [6.07, 6.45) is 4.21. The van der Waals surface area contributed by atoms with Crippen LogP contribution in [0.1, 0.15) is 25.7 Å². The van der Waals surface area contributed by atoms with Crippen molar-refractivity contribution in [2.75, 3.05) is 20.8 Å². The molecular weight excluding hydrogens is 340 g/mol. The molecule has 0 spiro atoms. The van der Waals surface area contributed by atoms with Crippen molar-refractivity contribution >= 4 is 0 Å². The van der Waals surface area contributed by atoms with Crippen LogP contribution < -0.4 is 14.2 Å². The molecule has 0 saturated heterocycles. The first kappa shape index (κ1) is 18.4. The summed E-state index contributed by atoms with van der Waals surface area (Å²) >= 11 is 0. The SMILES string of the molecule is COc1cc(OCC2CCC(F)(F)CC2)cc(-c2ccncc2OC)c1. The van der Waals surface area contributed by atoms with Crippen LogP contribution in [0.25, 0.3) is 11.1 Å². The van der Waals surface area contributed by atoms with E-state index >= 15 is 0 Å². The first-order chi connectivity index (χ1) is 12.5. The van der Waals surface area contributed by atoms with Gasteiger partial charge >= 0.3 is 0 Å². The highest BCUT2D eigenvalue weighted by Gasteiger charge is 2.35. The molecule has 2 aromatic rings. The Morgan fingerprint density at radius 2 is 1.81 bits per heavy atom. The molecule has 0 bridgehead atoms. The van der Waals surface area contributed by atoms with Crippen molar-refractivity contribution in [1.82, 2.24) is 4.98 Å². The molecule has 1 aliphatic carbocycles. The van der Waals surface area contributed by atoms with E-state index in [1.165, 1.54) is 0 Å². The maximum Gasteiger partial charge on any atom is 0.248 e. The van der Waals surface area contributed by atoms with Crippen LogP contribution in [0.5, 0.6) is 17.2 Å². The Morgan fingerprint density at radius 3 is 2.50 bits per heavy atom. The molecule has 0 aliphatic heterocycles. The van der Waals surface area contributed by atoms with Crippen molar-refractivity contribution in [3.05, 3.63) is 36.7 Å². The molecule has 1 aromatic carbocycles. The Morgan fingerprint density at radius 1 is 1.08 bits per heavy atom. The van der Waals surface area contributed by atoms with Crippen LogP contribution in [0.2, 0.25) is 0 Å². The molecule has 0 atom stereocenters. The summed E-state index contributed by atoms with van der Waals surface area (Å²) in [5.74, 6) is -0.402. The molecule has 140 valence electrons. The highest BCUT2D eigenvalue weighted by atomic mass is 19.3. The van der Waals surface area contributed by atoms with Crippen molar-refractivity contribution in [3.8, 4) is 28.4 Å². The zero-order valence-electron chi connectivity index (χ0n) is 15.0. The Bertz CT molecular complexity index is 742. The Balaban J connectivity index is 1.76. The fourth-order valence-corrected chi connectivity index (χ4v) is 3.19. The van der Waals surface area contributed by atoms with E-state index in [9.17, 15) is 8.78 Å². The van der Waals surface area contributed by atoms with Crippen molar-refractivity contribution in [2.45, 2.75) is 31.6 Å². The Hall–Kier alpha value is -2.37. The normalized spacial score (nSPS) is 16.9. The van der Waals surface area contributed by atoms with E-state index in [0.717, 1.165) is 11.1 Å². The van der Waals surface area contributed by atoms with Gasteiger partial charge in [0.1, 0.15) is 17.2 Å². The van der Waals surface area contributed by atoms with Crippen LogP contribution in [0.3, 0.4) is 0 Å². The zero-order chi connectivity index (χ0) is 18.6. The van der Waals surface area contributed by atoms with Crippen LogP contribution in [-0.4, -0.2) is 31.7 Å². The summed E-state index contributed by atoms with van der Waals surface area (Å²) in [4.78, 5) is 4.07. The average molecular weight is 363 g/mol. The number of methoxy groups -OCH3 is 2. The Kier molecular flexibility index (Phi) is 5.59. The number of ether oxygens (including phenoxy) is 3. The topological polar surface area (TPSA) is 40.6 Å². The smallest absolute Gasteiger partial charge is 0.248 e. The van der Waals surface area contributed by atoms with Gasteiger partial charge < -0.3 is 14.2 Å². The number of halogens is 2. The van der Waals surface area contributed by atoms with Crippen LogP contribution in [0.15, 0.2) is 36.7 Å². The van der Waals surface area contributed by atoms with E-state index in [-0.39, 0.29) is 18.8 Å². The lowest BCUT2D eigenvalue weighted by molar-refractivity contribution is -0.0498. The summed E-state index contributed by atoms with van der Waals surface area (Å²) in [5.41, 5.74) is 1.76. The third kappa shape index (κ3) is 4.42. The standard InChI is InChI=1S/C20H23F2NO3/c1-24-16-9-15(18-5-8-23-12-19(18)25-2)10-17(11-16)26-13-14-3-6-20(21,22)7-4-14/h5,8-12,14H,3-4,6-7,13H2,1-2H3. The summed E-state index contributed by atoms with van der Waals surface area (Å²) in [6, 6.07) is 7.46. The number of pyridine rings is 1. The number of benzene rings is 1. The lowest BCUT2D eigenvalue weighted by Crippen LogP contribution is -2.27. The zero-order valence-corrected chi connectivity index (χ0v) is 15.0. The first-order valence-electron chi connectivity index (χ1n) is 8.69. The van der Waals surface area contributed by atoms with E-state index < -0.39 is 5.92 Å². The third-order valence-corrected chi connectivity index (χ3v) is 4.75. The monoisotopic (exact) mass is 363 g/mol. The molecule has 0 N–H and O–H groups in total. The van der Waals surface area contributed by atoms with E-state index in [4.69, 9.17) is 14.2 Å². The summed E-state index contributed by atoms with van der Waals surface area (Å²) < 4.78 is 43.2. The predicted octanol–water partition coefficient (Wildman–Crippen LogP) is 4.97. The average Bonchev–Trinajstić information content (AvgIpc) is 2.66. The maximum absolute atomic E-state index is 13.3. The van der Waals surface area contributed by atoms with Crippen molar-refractivity contribution in [1.29, 1.82) is 0 Å². The molecule has 6 heteroatoms. The molecule has 0 unspecified atom stereocenters. The molecule has 1 fully saturated rings. The summed E-state index contributed by atoms with van der Waals surface area (Å²) in [7, 11) is 3.19. The van der Waals surface area contributed by atoms with Gasteiger partial charge in [0, 0.05) is 30.7 Å². The molecule has 1 aliphatic rings. The van der Waals surface area contributed by atoms with Gasteiger partial charge in [-0.15, -0.1) is 0 Å². The number of aromatic nitrogens is 1. The lowest BCUT2D eigenvalue weighted by Gasteiger charge is -2.28. The molecule has 3 rings (SSSR count). The summed E-state index contributed by atoms with van der Waals surface area (Å²) in [5, 5.41) is 0. The second-order valence-corrected chi connectivity index (χ2v) is 6.58. The van der Waals surface area contributed by atoms with E-state index in [0.29, 0.717) is 36.7 Å². The molecule has 1 saturated carbocycles. The third-order valence-electron chi connectivity index (χ3n) is 4.75. The quantitative estimate of drug-likeness (QED) is 0.726. The highest BCUT2D eigenvalue weighted by Crippen LogP contribution is 2.37. The second kappa shape index (κ2) is 7.89. The van der Waals surface area contributed by atoms with Crippen molar-refractivity contribution < 1.29 is 23.0 Å². The van der Waals surface area contributed by atoms with Gasteiger partial charge in [-0.05, 0) is 42.5 Å². The van der Waals surface area contributed by atoms with E-state index in [2.05, 4.69) is 4.98 Å². The van der Waals surface area contributed by atoms with Gasteiger partial charge in [-0.25, -0.2) is 8.78 Å². The minimum absolute atomic E-state index is 0.0569. The van der Waals surface area contributed by atoms with Gasteiger partial charge in [-0.2, -0.15) is 0 Å². The van der Waals surface area contributed by atoms with Crippen LogP contribution >= 0.6 is 0 Å². The second-order valence-electron chi connectivity index (χ2n) is 6.58. The molecule has 26 heavy (non-hydrogen) atoms. The van der Waals surface area contributed by atoms with E-state index in [1.54, 1.807) is 32.7 Å². The van der Waals surface area contributed by atoms with Gasteiger partial charge in [0.15, 0.2) is 0 Å². The van der Waals surface area contributed by atoms with Gasteiger partial charge in [0.25, 0.3) is 0 Å². The van der Waals surface area contributed by atoms with Crippen molar-refractivity contribution in [2.24, 2.45) is 5.92 Å². The highest BCUT2D eigenvalue weighted by molar-refractivity contribution is 5.72. The number of hydrogen-bond donors (Lipinski definition) is 0. The summed E-state index contributed by atoms with van der Waals surface area (Å²) in [6.45, 7) is 0.427. The number of nitrogens with zero attached hydrogens (tertiary/aromatic N) is 1. The Labute approximate surface area is 152 Å². The van der Waals surface area contributed by atoms with E-state index in [1.807, 2.05) is 18.2 Å². The molecule has 1 aromatic heterocycles. The number of hydrogen-bond acceptors (Lipinski definition) is 4. The first-order valence-corrected chi connectivity index (χ1v) is 8.69. The maximum atomic E-state index is 13.3. The predicted molar refractivity (Wildman–Crippen MR) is 95.2 cm³/mol. The van der Waals surface area contributed by atoms with Gasteiger partial charge in [-0.3, -0.25) is 4.98 Å². The minimum atomic E-state index is -2.52. The fraction of sp³-hybridized carbons (Fsp3) is 0.450. The van der Waals surface area contributed by atoms with Crippen LogP contribution in [0, 0.1) is 5.92 Å².